The van der Waals surface area contributed by atoms with E-state index in [0.29, 0.717) is 30.3 Å². The summed E-state index contributed by atoms with van der Waals surface area (Å²) >= 11 is 0.793. The molecule has 0 spiro atoms. The number of carbonyl (C=O) groups excluding carboxylic acids is 3. The Morgan fingerprint density at radius 1 is 1.29 bits per heavy atom. The minimum atomic E-state index is -0.611. The van der Waals surface area contributed by atoms with Crippen LogP contribution in [-0.4, -0.2) is 48.4 Å². The van der Waals surface area contributed by atoms with Gasteiger partial charge in [-0.15, -0.1) is 0 Å². The lowest BCUT2D eigenvalue weighted by molar-refractivity contribution is -0.145. The second kappa shape index (κ2) is 6.96. The number of thioether (sulfide) groups is 1. The summed E-state index contributed by atoms with van der Waals surface area (Å²) in [6.45, 7) is 2.44. The third kappa shape index (κ3) is 3.38. The first-order valence-corrected chi connectivity index (χ1v) is 8.21. The van der Waals surface area contributed by atoms with Gasteiger partial charge >= 0.3 is 5.97 Å². The van der Waals surface area contributed by atoms with Crippen molar-refractivity contribution in [1.82, 2.24) is 4.90 Å². The minimum absolute atomic E-state index is 0.197. The van der Waals surface area contributed by atoms with Crippen LogP contribution in [0.2, 0.25) is 0 Å². The topological polar surface area (TPSA) is 82.1 Å². The Hall–Kier alpha value is -2.48. The molecule has 24 heavy (non-hydrogen) atoms. The fourth-order valence-corrected chi connectivity index (χ4v) is 3.11. The minimum Gasteiger partial charge on any atom is -0.486 e. The molecule has 8 heteroatoms. The van der Waals surface area contributed by atoms with Crippen molar-refractivity contribution in [2.24, 2.45) is 0 Å². The maximum absolute atomic E-state index is 12.3. The van der Waals surface area contributed by atoms with E-state index < -0.39 is 17.1 Å². The number of hydrogen-bond acceptors (Lipinski definition) is 7. The van der Waals surface area contributed by atoms with Crippen LogP contribution in [0.5, 0.6) is 11.5 Å². The molecule has 1 fully saturated rings. The third-order valence-corrected chi connectivity index (χ3v) is 4.24. The smallest absolute Gasteiger partial charge is 0.326 e. The molecule has 0 unspecified atom stereocenters. The fourth-order valence-electron chi connectivity index (χ4n) is 2.27. The van der Waals surface area contributed by atoms with E-state index in [0.717, 1.165) is 16.7 Å². The van der Waals surface area contributed by atoms with Crippen LogP contribution >= 0.6 is 11.8 Å². The van der Waals surface area contributed by atoms with Gasteiger partial charge in [-0.25, -0.2) is 0 Å². The molecule has 0 aliphatic carbocycles. The Kier molecular flexibility index (Phi) is 4.75. The number of benzene rings is 1. The molecular weight excluding hydrogens is 334 g/mol. The SMILES string of the molecule is CCOC(=O)CN1C(=O)S/C(=C/c2ccc3c(c2)OCCO3)C1=O. The van der Waals surface area contributed by atoms with Gasteiger partial charge < -0.3 is 14.2 Å². The van der Waals surface area contributed by atoms with Gasteiger partial charge in [0, 0.05) is 0 Å². The highest BCUT2D eigenvalue weighted by Gasteiger charge is 2.36. The van der Waals surface area contributed by atoms with Gasteiger partial charge in [0.05, 0.1) is 11.5 Å². The molecule has 2 aliphatic heterocycles. The highest BCUT2D eigenvalue weighted by Crippen LogP contribution is 2.35. The molecule has 2 amide bonds. The average molecular weight is 349 g/mol. The first-order valence-electron chi connectivity index (χ1n) is 7.39. The number of amides is 2. The number of ether oxygens (including phenoxy) is 3. The molecule has 0 saturated carbocycles. The van der Waals surface area contributed by atoms with Crippen molar-refractivity contribution in [1.29, 1.82) is 0 Å². The van der Waals surface area contributed by atoms with Gasteiger partial charge in [-0.05, 0) is 42.5 Å². The Bertz CT molecular complexity index is 729. The van der Waals surface area contributed by atoms with Gasteiger partial charge in [-0.2, -0.15) is 0 Å². The zero-order chi connectivity index (χ0) is 17.1. The lowest BCUT2D eigenvalue weighted by Gasteiger charge is -2.18. The molecule has 0 radical (unpaired) electrons. The normalized spacial score (nSPS) is 18.2. The largest absolute Gasteiger partial charge is 0.486 e. The lowest BCUT2D eigenvalue weighted by Crippen LogP contribution is -2.34. The molecule has 3 rings (SSSR count). The number of rotatable bonds is 4. The summed E-state index contributed by atoms with van der Waals surface area (Å²) in [5, 5.41) is -0.489. The molecule has 2 aliphatic rings. The molecule has 1 aromatic carbocycles. The quantitative estimate of drug-likeness (QED) is 0.608. The summed E-state index contributed by atoms with van der Waals surface area (Å²) in [6.07, 6.45) is 1.59. The van der Waals surface area contributed by atoms with Crippen molar-refractivity contribution in [2.45, 2.75) is 6.92 Å². The number of esters is 1. The van der Waals surface area contributed by atoms with E-state index in [-0.39, 0.29) is 18.1 Å². The van der Waals surface area contributed by atoms with Gasteiger partial charge in [-0.3, -0.25) is 19.3 Å². The zero-order valence-electron chi connectivity index (χ0n) is 12.9. The van der Waals surface area contributed by atoms with Gasteiger partial charge in [0.1, 0.15) is 19.8 Å². The molecule has 0 N–H and O–H groups in total. The van der Waals surface area contributed by atoms with Crippen molar-refractivity contribution in [3.63, 3.8) is 0 Å². The Morgan fingerprint density at radius 2 is 2.04 bits per heavy atom. The Labute approximate surface area is 142 Å². The Morgan fingerprint density at radius 3 is 2.79 bits per heavy atom. The number of carbonyl (C=O) groups is 3. The van der Waals surface area contributed by atoms with E-state index in [9.17, 15) is 14.4 Å². The van der Waals surface area contributed by atoms with Crippen LogP contribution in [0.3, 0.4) is 0 Å². The van der Waals surface area contributed by atoms with Crippen LogP contribution < -0.4 is 9.47 Å². The van der Waals surface area contributed by atoms with Crippen LogP contribution in [-0.2, 0) is 14.3 Å². The molecule has 2 heterocycles. The summed E-state index contributed by atoms with van der Waals surface area (Å²) < 4.78 is 15.7. The molecular formula is C16H15NO6S. The number of hydrogen-bond donors (Lipinski definition) is 0. The second-order valence-electron chi connectivity index (χ2n) is 4.98. The number of nitrogens with zero attached hydrogens (tertiary/aromatic N) is 1. The predicted octanol–water partition coefficient (Wildman–Crippen LogP) is 2.06. The average Bonchev–Trinajstić information content (AvgIpc) is 2.82. The van der Waals surface area contributed by atoms with Crippen molar-refractivity contribution in [3.05, 3.63) is 28.7 Å². The van der Waals surface area contributed by atoms with Crippen LogP contribution in [0.4, 0.5) is 4.79 Å². The summed E-state index contributed by atoms with van der Waals surface area (Å²) in [5.41, 5.74) is 0.709. The maximum atomic E-state index is 12.3. The lowest BCUT2D eigenvalue weighted by atomic mass is 10.1. The van der Waals surface area contributed by atoms with E-state index in [2.05, 4.69) is 0 Å². The molecule has 7 nitrogen and oxygen atoms in total. The van der Waals surface area contributed by atoms with Crippen LogP contribution in [0.15, 0.2) is 23.1 Å². The maximum Gasteiger partial charge on any atom is 0.326 e. The first-order chi connectivity index (χ1) is 11.6. The van der Waals surface area contributed by atoms with E-state index in [1.54, 1.807) is 31.2 Å². The van der Waals surface area contributed by atoms with E-state index >= 15 is 0 Å². The van der Waals surface area contributed by atoms with Gasteiger partial charge in [0.15, 0.2) is 11.5 Å². The van der Waals surface area contributed by atoms with Gasteiger partial charge in [0.2, 0.25) is 0 Å². The molecule has 0 aromatic heterocycles. The van der Waals surface area contributed by atoms with Crippen LogP contribution in [0.1, 0.15) is 12.5 Å². The number of imide groups is 1. The third-order valence-electron chi connectivity index (χ3n) is 3.33. The standard InChI is InChI=1S/C16H15NO6S/c1-2-21-14(18)9-17-15(19)13(24-16(17)20)8-10-3-4-11-12(7-10)23-6-5-22-11/h3-4,7-8H,2,5-6,9H2,1H3/b13-8+. The molecule has 0 atom stereocenters. The van der Waals surface area contributed by atoms with Gasteiger partial charge in [0.25, 0.3) is 11.1 Å². The summed E-state index contributed by atoms with van der Waals surface area (Å²) in [7, 11) is 0. The summed E-state index contributed by atoms with van der Waals surface area (Å²) in [5.74, 6) is 0.128. The van der Waals surface area contributed by atoms with Crippen LogP contribution in [0, 0.1) is 0 Å². The molecule has 1 aromatic rings. The van der Waals surface area contributed by atoms with Crippen molar-refractivity contribution in [3.8, 4) is 11.5 Å². The summed E-state index contributed by atoms with van der Waals surface area (Å²) in [6, 6.07) is 5.27. The van der Waals surface area contributed by atoms with E-state index in [1.165, 1.54) is 0 Å². The van der Waals surface area contributed by atoms with Crippen molar-refractivity contribution in [2.75, 3.05) is 26.4 Å². The van der Waals surface area contributed by atoms with E-state index in [4.69, 9.17) is 14.2 Å². The first kappa shape index (κ1) is 16.4. The molecule has 1 saturated heterocycles. The molecule has 126 valence electrons. The Balaban J connectivity index is 1.77. The fraction of sp³-hybridized carbons (Fsp3) is 0.312. The van der Waals surface area contributed by atoms with E-state index in [1.807, 2.05) is 0 Å². The highest BCUT2D eigenvalue weighted by atomic mass is 32.2. The number of fused-ring (bicyclic) bond motifs is 1. The van der Waals surface area contributed by atoms with Gasteiger partial charge in [-0.1, -0.05) is 6.07 Å². The van der Waals surface area contributed by atoms with Crippen molar-refractivity contribution >= 4 is 35.0 Å². The highest BCUT2D eigenvalue weighted by molar-refractivity contribution is 8.18. The predicted molar refractivity (Wildman–Crippen MR) is 86.7 cm³/mol. The molecule has 0 bridgehead atoms. The zero-order valence-corrected chi connectivity index (χ0v) is 13.8. The van der Waals surface area contributed by atoms with Crippen LogP contribution in [0.25, 0.3) is 6.08 Å². The second-order valence-corrected chi connectivity index (χ2v) is 5.97. The monoisotopic (exact) mass is 349 g/mol. The summed E-state index contributed by atoms with van der Waals surface area (Å²) in [4.78, 5) is 36.9. The van der Waals surface area contributed by atoms with Crippen molar-refractivity contribution < 1.29 is 28.6 Å².